The van der Waals surface area contributed by atoms with E-state index in [1.54, 1.807) is 13.2 Å². The monoisotopic (exact) mass is 316 g/mol. The fraction of sp³-hybridized carbons (Fsp3) is 0.533. The molecular weight excluding hydrogens is 292 g/mol. The lowest BCUT2D eigenvalue weighted by Crippen LogP contribution is -2.20. The highest BCUT2D eigenvalue weighted by Gasteiger charge is 2.07. The zero-order valence-corrected chi connectivity index (χ0v) is 13.7. The maximum atomic E-state index is 10.7. The van der Waals surface area contributed by atoms with Crippen molar-refractivity contribution in [1.29, 1.82) is 0 Å². The topological polar surface area (TPSA) is 73.6 Å². The van der Waals surface area contributed by atoms with Crippen LogP contribution in [0.25, 0.3) is 0 Å². The van der Waals surface area contributed by atoms with E-state index in [2.05, 4.69) is 19.2 Å². The first-order chi connectivity index (χ1) is 9.52. The van der Waals surface area contributed by atoms with Crippen molar-refractivity contribution in [2.45, 2.75) is 26.8 Å². The van der Waals surface area contributed by atoms with Gasteiger partial charge in [0.2, 0.25) is 0 Å². The van der Waals surface area contributed by atoms with E-state index in [1.165, 1.54) is 0 Å². The number of benzene rings is 1. The van der Waals surface area contributed by atoms with E-state index in [0.29, 0.717) is 17.4 Å². The van der Waals surface area contributed by atoms with Gasteiger partial charge in [0.1, 0.15) is 0 Å². The van der Waals surface area contributed by atoms with Crippen LogP contribution in [0.5, 0.6) is 11.5 Å². The van der Waals surface area contributed by atoms with Gasteiger partial charge in [-0.3, -0.25) is 4.79 Å². The predicted octanol–water partition coefficient (Wildman–Crippen LogP) is 2.12. The zero-order valence-electron chi connectivity index (χ0n) is 12.8. The number of rotatable bonds is 9. The zero-order chi connectivity index (χ0) is 15.0. The number of hydrogen-bond donors (Lipinski definition) is 2. The van der Waals surface area contributed by atoms with Gasteiger partial charge in [-0.2, -0.15) is 0 Å². The molecule has 6 heteroatoms. The molecule has 1 aromatic carbocycles. The second-order valence-corrected chi connectivity index (χ2v) is 5.10. The van der Waals surface area contributed by atoms with Crippen LogP contribution in [0.2, 0.25) is 0 Å². The third-order valence-corrected chi connectivity index (χ3v) is 2.83. The van der Waals surface area contributed by atoms with Gasteiger partial charge in [0.15, 0.2) is 18.1 Å². The highest BCUT2D eigenvalue weighted by Crippen LogP contribution is 2.27. The Hall–Kier alpha value is -1.46. The van der Waals surface area contributed by atoms with E-state index in [4.69, 9.17) is 15.2 Å². The predicted molar refractivity (Wildman–Crippen MR) is 86.1 cm³/mol. The van der Waals surface area contributed by atoms with Crippen LogP contribution in [0.3, 0.4) is 0 Å². The maximum absolute atomic E-state index is 10.7. The molecule has 5 nitrogen and oxygen atoms in total. The molecule has 0 unspecified atom stereocenters. The summed E-state index contributed by atoms with van der Waals surface area (Å²) in [4.78, 5) is 10.7. The molecule has 0 aliphatic rings. The summed E-state index contributed by atoms with van der Waals surface area (Å²) in [5.41, 5.74) is 6.16. The molecule has 0 bridgehead atoms. The summed E-state index contributed by atoms with van der Waals surface area (Å²) in [5, 5.41) is 3.38. The average molecular weight is 317 g/mol. The van der Waals surface area contributed by atoms with Crippen LogP contribution in [0.1, 0.15) is 25.8 Å². The second kappa shape index (κ2) is 10.3. The Morgan fingerprint density at radius 1 is 1.33 bits per heavy atom. The van der Waals surface area contributed by atoms with E-state index in [9.17, 15) is 4.79 Å². The number of nitrogens with one attached hydrogen (secondary N) is 1. The second-order valence-electron chi connectivity index (χ2n) is 5.10. The first kappa shape index (κ1) is 19.5. The molecule has 0 atom stereocenters. The van der Waals surface area contributed by atoms with E-state index >= 15 is 0 Å². The summed E-state index contributed by atoms with van der Waals surface area (Å²) in [5.74, 6) is 1.32. The summed E-state index contributed by atoms with van der Waals surface area (Å²) < 4.78 is 10.5. The smallest absolute Gasteiger partial charge is 0.255 e. The van der Waals surface area contributed by atoms with E-state index in [-0.39, 0.29) is 19.0 Å². The van der Waals surface area contributed by atoms with Gasteiger partial charge in [-0.1, -0.05) is 19.9 Å². The van der Waals surface area contributed by atoms with Crippen molar-refractivity contribution in [3.63, 3.8) is 0 Å². The van der Waals surface area contributed by atoms with Gasteiger partial charge in [0.25, 0.3) is 5.91 Å². The summed E-state index contributed by atoms with van der Waals surface area (Å²) in [7, 11) is 1.57. The number of primary amides is 1. The number of carbonyl (C=O) groups is 1. The van der Waals surface area contributed by atoms with Crippen molar-refractivity contribution >= 4 is 18.3 Å². The van der Waals surface area contributed by atoms with Gasteiger partial charge in [0, 0.05) is 6.54 Å². The van der Waals surface area contributed by atoms with Crippen molar-refractivity contribution in [2.24, 2.45) is 11.7 Å². The Balaban J connectivity index is 0.00000400. The molecule has 0 heterocycles. The molecule has 0 spiro atoms. The number of hydrogen-bond acceptors (Lipinski definition) is 4. The fourth-order valence-electron chi connectivity index (χ4n) is 1.71. The van der Waals surface area contributed by atoms with Crippen LogP contribution >= 0.6 is 12.4 Å². The number of carbonyl (C=O) groups excluding carboxylic acids is 1. The van der Waals surface area contributed by atoms with E-state index < -0.39 is 5.91 Å². The molecule has 1 rings (SSSR count). The van der Waals surface area contributed by atoms with Crippen LogP contribution < -0.4 is 20.5 Å². The standard InChI is InChI=1S/C15H24N2O3.ClH/c1-11(2)6-7-17-9-12-4-5-13(14(8-12)19-3)20-10-15(16)18;/h4-5,8,11,17H,6-7,9-10H2,1-3H3,(H2,16,18);1H. The van der Waals surface area contributed by atoms with Crippen LogP contribution in [0, 0.1) is 5.92 Å². The highest BCUT2D eigenvalue weighted by atomic mass is 35.5. The first-order valence-corrected chi connectivity index (χ1v) is 6.81. The summed E-state index contributed by atoms with van der Waals surface area (Å²) in [6.45, 7) is 6.02. The average Bonchev–Trinajstić information content (AvgIpc) is 2.41. The van der Waals surface area contributed by atoms with Crippen molar-refractivity contribution in [2.75, 3.05) is 20.3 Å². The van der Waals surface area contributed by atoms with E-state index in [1.807, 2.05) is 12.1 Å². The molecule has 0 fully saturated rings. The van der Waals surface area contributed by atoms with Gasteiger partial charge in [-0.15, -0.1) is 12.4 Å². The van der Waals surface area contributed by atoms with Crippen molar-refractivity contribution in [3.05, 3.63) is 23.8 Å². The Labute approximate surface area is 132 Å². The summed E-state index contributed by atoms with van der Waals surface area (Å²) in [6, 6.07) is 5.64. The minimum Gasteiger partial charge on any atom is -0.493 e. The van der Waals surface area contributed by atoms with Gasteiger partial charge >= 0.3 is 0 Å². The van der Waals surface area contributed by atoms with Crippen LogP contribution in [0.15, 0.2) is 18.2 Å². The Morgan fingerprint density at radius 2 is 2.05 bits per heavy atom. The van der Waals surface area contributed by atoms with E-state index in [0.717, 1.165) is 25.1 Å². The lowest BCUT2D eigenvalue weighted by atomic mass is 10.1. The molecule has 0 aliphatic carbocycles. The van der Waals surface area contributed by atoms with Crippen LogP contribution in [-0.2, 0) is 11.3 Å². The lowest BCUT2D eigenvalue weighted by Gasteiger charge is -2.12. The third-order valence-electron chi connectivity index (χ3n) is 2.83. The molecule has 1 aromatic rings. The number of methoxy groups -OCH3 is 1. The molecule has 3 N–H and O–H groups in total. The van der Waals surface area contributed by atoms with Gasteiger partial charge in [-0.25, -0.2) is 0 Å². The maximum Gasteiger partial charge on any atom is 0.255 e. The number of nitrogens with two attached hydrogens (primary N) is 1. The fourth-order valence-corrected chi connectivity index (χ4v) is 1.71. The first-order valence-electron chi connectivity index (χ1n) is 6.81. The molecule has 120 valence electrons. The van der Waals surface area contributed by atoms with Gasteiger partial charge < -0.3 is 20.5 Å². The van der Waals surface area contributed by atoms with Gasteiger partial charge in [-0.05, 0) is 36.6 Å². The molecule has 21 heavy (non-hydrogen) atoms. The number of ether oxygens (including phenoxy) is 2. The number of amides is 1. The normalized spacial score (nSPS) is 10.1. The van der Waals surface area contributed by atoms with Crippen molar-refractivity contribution < 1.29 is 14.3 Å². The van der Waals surface area contributed by atoms with Gasteiger partial charge in [0.05, 0.1) is 7.11 Å². The molecule has 0 saturated carbocycles. The highest BCUT2D eigenvalue weighted by molar-refractivity contribution is 5.85. The molecule has 0 aliphatic heterocycles. The van der Waals surface area contributed by atoms with Crippen LogP contribution in [-0.4, -0.2) is 26.2 Å². The Morgan fingerprint density at radius 3 is 2.62 bits per heavy atom. The molecule has 0 aromatic heterocycles. The van der Waals surface area contributed by atoms with Crippen molar-refractivity contribution in [1.82, 2.24) is 5.32 Å². The molecule has 1 amide bonds. The summed E-state index contributed by atoms with van der Waals surface area (Å²) >= 11 is 0. The Kier molecular flexibility index (Phi) is 9.58. The SMILES string of the molecule is COc1cc(CNCCC(C)C)ccc1OCC(N)=O.Cl. The quantitative estimate of drug-likeness (QED) is 0.684. The minimum atomic E-state index is -0.508. The number of halogens is 1. The van der Waals surface area contributed by atoms with Crippen LogP contribution in [0.4, 0.5) is 0 Å². The summed E-state index contributed by atoms with van der Waals surface area (Å²) in [6.07, 6.45) is 1.15. The largest absolute Gasteiger partial charge is 0.493 e. The molecule has 0 radical (unpaired) electrons. The molecule has 0 saturated heterocycles. The lowest BCUT2D eigenvalue weighted by molar-refractivity contribution is -0.119. The molecular formula is C15H25ClN2O3. The Bertz CT molecular complexity index is 439. The minimum absolute atomic E-state index is 0. The third kappa shape index (κ3) is 7.78. The van der Waals surface area contributed by atoms with Crippen molar-refractivity contribution in [3.8, 4) is 11.5 Å².